The number of hydrogen-bond acceptors (Lipinski definition) is 3. The van der Waals surface area contributed by atoms with Gasteiger partial charge in [0.2, 0.25) is 0 Å². The monoisotopic (exact) mass is 330 g/mol. The van der Waals surface area contributed by atoms with Gasteiger partial charge in [0.05, 0.1) is 17.6 Å². The molecule has 1 aromatic carbocycles. The van der Waals surface area contributed by atoms with Crippen molar-refractivity contribution in [3.05, 3.63) is 35.6 Å². The largest absolute Gasteiger partial charge is 0.548 e. The number of amides is 1. The Balaban J connectivity index is 1.60. The molecule has 24 heavy (non-hydrogen) atoms. The molecular formula is C19H21FNO3-. The summed E-state index contributed by atoms with van der Waals surface area (Å²) in [5.41, 5.74) is -0.539. The average molecular weight is 330 g/mol. The number of carboxylic acid groups (broad SMARTS) is 1. The maximum atomic E-state index is 13.8. The van der Waals surface area contributed by atoms with Crippen LogP contribution in [0.1, 0.15) is 48.9 Å². The Bertz CT molecular complexity index is 652. The van der Waals surface area contributed by atoms with Crippen molar-refractivity contribution in [1.82, 2.24) is 5.32 Å². The first-order valence-corrected chi connectivity index (χ1v) is 8.73. The van der Waals surface area contributed by atoms with Gasteiger partial charge < -0.3 is 15.2 Å². The lowest BCUT2D eigenvalue weighted by Crippen LogP contribution is -2.62. The van der Waals surface area contributed by atoms with Gasteiger partial charge in [0.15, 0.2) is 0 Å². The van der Waals surface area contributed by atoms with Crippen molar-refractivity contribution < 1.29 is 19.1 Å². The highest BCUT2D eigenvalue weighted by molar-refractivity contribution is 5.96. The molecule has 4 aliphatic rings. The fraction of sp³-hybridized carbons (Fsp3) is 0.579. The summed E-state index contributed by atoms with van der Waals surface area (Å²) in [6.45, 7) is 0. The summed E-state index contributed by atoms with van der Waals surface area (Å²) in [6, 6.07) is 4.60. The van der Waals surface area contributed by atoms with Gasteiger partial charge in [0.25, 0.3) is 5.91 Å². The van der Waals surface area contributed by atoms with Crippen LogP contribution in [0.4, 0.5) is 4.39 Å². The number of nitrogens with one attached hydrogen (secondary N) is 1. The van der Waals surface area contributed by atoms with Crippen molar-refractivity contribution in [1.29, 1.82) is 0 Å². The lowest BCUT2D eigenvalue weighted by molar-refractivity contribution is -0.313. The molecule has 0 heterocycles. The molecule has 4 bridgehead atoms. The lowest BCUT2D eigenvalue weighted by atomic mass is 9.47. The predicted molar refractivity (Wildman–Crippen MR) is 83.3 cm³/mol. The molecular weight excluding hydrogens is 309 g/mol. The number of benzene rings is 1. The topological polar surface area (TPSA) is 69.2 Å². The molecule has 1 aromatic rings. The van der Waals surface area contributed by atoms with Gasteiger partial charge in [-0.25, -0.2) is 4.39 Å². The Morgan fingerprint density at radius 2 is 1.62 bits per heavy atom. The molecule has 0 saturated heterocycles. The van der Waals surface area contributed by atoms with E-state index in [2.05, 4.69) is 5.32 Å². The van der Waals surface area contributed by atoms with E-state index in [-0.39, 0.29) is 5.56 Å². The van der Waals surface area contributed by atoms with E-state index in [0.29, 0.717) is 17.8 Å². The van der Waals surface area contributed by atoms with E-state index in [1.807, 2.05) is 0 Å². The lowest BCUT2D eigenvalue weighted by Gasteiger charge is -2.59. The van der Waals surface area contributed by atoms with Crippen LogP contribution in [0.2, 0.25) is 0 Å². The zero-order valence-corrected chi connectivity index (χ0v) is 13.5. The number of rotatable bonds is 4. The molecule has 1 atom stereocenters. The molecule has 0 unspecified atom stereocenters. The van der Waals surface area contributed by atoms with Gasteiger partial charge in [-0.15, -0.1) is 0 Å². The Morgan fingerprint density at radius 3 is 2.12 bits per heavy atom. The van der Waals surface area contributed by atoms with Crippen molar-refractivity contribution in [2.75, 3.05) is 0 Å². The second kappa shape index (κ2) is 5.57. The molecule has 4 fully saturated rings. The summed E-state index contributed by atoms with van der Waals surface area (Å²) in [5, 5.41) is 14.4. The maximum absolute atomic E-state index is 13.8. The first-order chi connectivity index (χ1) is 11.5. The first kappa shape index (κ1) is 15.6. The Morgan fingerprint density at radius 1 is 1.08 bits per heavy atom. The number of carboxylic acids is 1. The molecule has 5 heteroatoms. The van der Waals surface area contributed by atoms with E-state index >= 15 is 0 Å². The molecule has 1 N–H and O–H groups in total. The zero-order valence-electron chi connectivity index (χ0n) is 13.5. The Kier molecular flexibility index (Phi) is 3.62. The number of carbonyl (C=O) groups excluding carboxylic acids is 2. The van der Waals surface area contributed by atoms with Gasteiger partial charge in [-0.05, 0) is 73.8 Å². The van der Waals surface area contributed by atoms with Crippen LogP contribution < -0.4 is 10.4 Å². The number of halogens is 1. The summed E-state index contributed by atoms with van der Waals surface area (Å²) >= 11 is 0. The molecule has 0 aromatic heterocycles. The zero-order chi connectivity index (χ0) is 16.9. The van der Waals surface area contributed by atoms with Crippen molar-refractivity contribution in [2.45, 2.75) is 44.6 Å². The summed E-state index contributed by atoms with van der Waals surface area (Å²) < 4.78 is 13.8. The molecule has 128 valence electrons. The summed E-state index contributed by atoms with van der Waals surface area (Å²) in [6.07, 6.45) is 6.03. The van der Waals surface area contributed by atoms with Crippen LogP contribution in [-0.2, 0) is 4.79 Å². The van der Waals surface area contributed by atoms with E-state index < -0.39 is 29.2 Å². The second-order valence-electron chi connectivity index (χ2n) is 7.99. The van der Waals surface area contributed by atoms with Crippen LogP contribution in [-0.4, -0.2) is 17.9 Å². The number of aliphatic carboxylic acids is 1. The third kappa shape index (κ3) is 2.50. The normalized spacial score (nSPS) is 34.8. The predicted octanol–water partition coefficient (Wildman–Crippen LogP) is 1.89. The molecule has 1 amide bonds. The molecule has 5 rings (SSSR count). The maximum Gasteiger partial charge on any atom is 0.254 e. The van der Waals surface area contributed by atoms with Crippen LogP contribution in [0.15, 0.2) is 24.3 Å². The standard InChI is InChI=1S/C19H22FNO3/c20-15-4-2-1-3-14(15)17(22)21-16(18(23)24)19-8-11-5-12(9-19)7-13(6-11)10-19/h1-4,11-13,16H,5-10H2,(H,21,22)(H,23,24)/p-1/t11?,12?,13?,16-,19?/m0/s1. The third-order valence-corrected chi connectivity index (χ3v) is 6.33. The molecule has 4 saturated carbocycles. The van der Waals surface area contributed by atoms with Crippen molar-refractivity contribution >= 4 is 11.9 Å². The third-order valence-electron chi connectivity index (χ3n) is 6.33. The van der Waals surface area contributed by atoms with E-state index in [4.69, 9.17) is 0 Å². The molecule has 0 spiro atoms. The quantitative estimate of drug-likeness (QED) is 0.916. The smallest absolute Gasteiger partial charge is 0.254 e. The van der Waals surface area contributed by atoms with E-state index in [1.54, 1.807) is 6.07 Å². The SMILES string of the molecule is O=C(N[C@@H](C(=O)[O-])C12CC3CC(CC(C3)C1)C2)c1ccccc1F. The van der Waals surface area contributed by atoms with Crippen LogP contribution in [0, 0.1) is 29.0 Å². The highest BCUT2D eigenvalue weighted by atomic mass is 19.1. The van der Waals surface area contributed by atoms with Gasteiger partial charge in [-0.3, -0.25) is 4.79 Å². The van der Waals surface area contributed by atoms with Crippen molar-refractivity contribution in [3.63, 3.8) is 0 Å². The summed E-state index contributed by atoms with van der Waals surface area (Å²) in [7, 11) is 0. The van der Waals surface area contributed by atoms with Crippen LogP contribution in [0.25, 0.3) is 0 Å². The van der Waals surface area contributed by atoms with Gasteiger partial charge in [0.1, 0.15) is 5.82 Å². The molecule has 0 radical (unpaired) electrons. The second-order valence-corrected chi connectivity index (χ2v) is 7.99. The number of hydrogen-bond donors (Lipinski definition) is 1. The minimum absolute atomic E-state index is 0.117. The molecule has 4 nitrogen and oxygen atoms in total. The first-order valence-electron chi connectivity index (χ1n) is 8.73. The van der Waals surface area contributed by atoms with Gasteiger partial charge in [0, 0.05) is 0 Å². The number of carbonyl (C=O) groups is 2. The van der Waals surface area contributed by atoms with E-state index in [0.717, 1.165) is 19.3 Å². The van der Waals surface area contributed by atoms with Crippen LogP contribution >= 0.6 is 0 Å². The minimum Gasteiger partial charge on any atom is -0.548 e. The molecule has 4 aliphatic carbocycles. The van der Waals surface area contributed by atoms with Crippen molar-refractivity contribution in [2.24, 2.45) is 23.2 Å². The van der Waals surface area contributed by atoms with Gasteiger partial charge >= 0.3 is 0 Å². The summed E-state index contributed by atoms with van der Waals surface area (Å²) in [5.74, 6) is -0.882. The van der Waals surface area contributed by atoms with Gasteiger partial charge in [-0.1, -0.05) is 12.1 Å². The van der Waals surface area contributed by atoms with Gasteiger partial charge in [-0.2, -0.15) is 0 Å². The van der Waals surface area contributed by atoms with E-state index in [9.17, 15) is 19.1 Å². The highest BCUT2D eigenvalue weighted by Gasteiger charge is 2.54. The summed E-state index contributed by atoms with van der Waals surface area (Å²) in [4.78, 5) is 24.3. The fourth-order valence-electron chi connectivity index (χ4n) is 5.85. The Hall–Kier alpha value is -1.91. The molecule has 0 aliphatic heterocycles. The average Bonchev–Trinajstić information content (AvgIpc) is 2.51. The highest BCUT2D eigenvalue weighted by Crippen LogP contribution is 2.61. The fourth-order valence-corrected chi connectivity index (χ4v) is 5.85. The van der Waals surface area contributed by atoms with E-state index in [1.165, 1.54) is 37.5 Å². The van der Waals surface area contributed by atoms with Crippen molar-refractivity contribution in [3.8, 4) is 0 Å². The minimum atomic E-state index is -1.25. The van der Waals surface area contributed by atoms with Crippen LogP contribution in [0.3, 0.4) is 0 Å². The Labute approximate surface area is 140 Å². The van der Waals surface area contributed by atoms with Crippen LogP contribution in [0.5, 0.6) is 0 Å².